The van der Waals surface area contributed by atoms with Gasteiger partial charge in [0.25, 0.3) is 5.91 Å². The van der Waals surface area contributed by atoms with Crippen LogP contribution < -0.4 is 10.1 Å². The quantitative estimate of drug-likeness (QED) is 0.433. The van der Waals surface area contributed by atoms with Gasteiger partial charge in [-0.2, -0.15) is 0 Å². The molecule has 5 nitrogen and oxygen atoms in total. The summed E-state index contributed by atoms with van der Waals surface area (Å²) in [7, 11) is 1.59. The van der Waals surface area contributed by atoms with Crippen molar-refractivity contribution in [2.45, 2.75) is 26.7 Å². The molecule has 27 heavy (non-hydrogen) atoms. The molecule has 0 aliphatic heterocycles. The number of esters is 1. The van der Waals surface area contributed by atoms with Crippen molar-refractivity contribution in [2.75, 3.05) is 13.7 Å². The fourth-order valence-electron chi connectivity index (χ4n) is 2.30. The summed E-state index contributed by atoms with van der Waals surface area (Å²) in [5, 5.41) is 2.67. The van der Waals surface area contributed by atoms with E-state index in [2.05, 4.69) is 5.32 Å². The number of hydrogen-bond acceptors (Lipinski definition) is 4. The monoisotopic (exact) mass is 367 g/mol. The molecule has 0 saturated carbocycles. The number of carbonyl (C=O) groups is 2. The Bertz CT molecular complexity index is 792. The molecule has 2 aromatic carbocycles. The number of amides is 1. The standard InChI is InChI=1S/C22H25NO4/c1-4-5-14-27-22(25)20(15-17-8-12-19(26-3)13-9-17)23-21(24)18-10-6-16(2)7-11-18/h6-13,15H,4-5,14H2,1-3H3,(H,23,24). The predicted octanol–water partition coefficient (Wildman–Crippen LogP) is 4.12. The van der Waals surface area contributed by atoms with E-state index in [4.69, 9.17) is 9.47 Å². The van der Waals surface area contributed by atoms with Crippen LogP contribution in [-0.4, -0.2) is 25.6 Å². The SMILES string of the molecule is CCCCOC(=O)C(=Cc1ccc(OC)cc1)NC(=O)c1ccc(C)cc1. The number of hydrogen-bond donors (Lipinski definition) is 1. The van der Waals surface area contributed by atoms with Crippen LogP contribution in [0.1, 0.15) is 41.3 Å². The molecule has 0 aromatic heterocycles. The Kier molecular flexibility index (Phi) is 7.62. The van der Waals surface area contributed by atoms with E-state index in [9.17, 15) is 9.59 Å². The van der Waals surface area contributed by atoms with Crippen LogP contribution in [0.4, 0.5) is 0 Å². The first-order chi connectivity index (χ1) is 13.0. The third kappa shape index (κ3) is 6.29. The van der Waals surface area contributed by atoms with Gasteiger partial charge in [0.2, 0.25) is 0 Å². The fraction of sp³-hybridized carbons (Fsp3) is 0.273. The molecule has 0 fully saturated rings. The Morgan fingerprint density at radius 3 is 2.30 bits per heavy atom. The summed E-state index contributed by atoms with van der Waals surface area (Å²) in [5.41, 5.74) is 2.38. The van der Waals surface area contributed by atoms with Crippen LogP contribution in [0.3, 0.4) is 0 Å². The molecule has 0 unspecified atom stereocenters. The second kappa shape index (κ2) is 10.2. The van der Waals surface area contributed by atoms with Gasteiger partial charge in [0.05, 0.1) is 13.7 Å². The van der Waals surface area contributed by atoms with Gasteiger partial charge in [-0.15, -0.1) is 0 Å². The van der Waals surface area contributed by atoms with Crippen LogP contribution in [0, 0.1) is 6.92 Å². The van der Waals surface area contributed by atoms with Crippen LogP contribution in [-0.2, 0) is 9.53 Å². The number of rotatable bonds is 8. The Morgan fingerprint density at radius 1 is 1.04 bits per heavy atom. The highest BCUT2D eigenvalue weighted by Crippen LogP contribution is 2.14. The van der Waals surface area contributed by atoms with Crippen molar-refractivity contribution in [3.8, 4) is 5.75 Å². The van der Waals surface area contributed by atoms with Crippen molar-refractivity contribution < 1.29 is 19.1 Å². The van der Waals surface area contributed by atoms with E-state index < -0.39 is 5.97 Å². The zero-order chi connectivity index (χ0) is 19.6. The lowest BCUT2D eigenvalue weighted by Gasteiger charge is -2.11. The summed E-state index contributed by atoms with van der Waals surface area (Å²) < 4.78 is 10.4. The molecule has 142 valence electrons. The van der Waals surface area contributed by atoms with Gasteiger partial charge in [0.1, 0.15) is 11.4 Å². The number of aryl methyl sites for hydroxylation is 1. The van der Waals surface area contributed by atoms with Gasteiger partial charge in [-0.05, 0) is 49.2 Å². The Hall–Kier alpha value is -3.08. The Balaban J connectivity index is 2.22. The van der Waals surface area contributed by atoms with Crippen molar-refractivity contribution in [2.24, 2.45) is 0 Å². The maximum Gasteiger partial charge on any atom is 0.354 e. The third-order valence-electron chi connectivity index (χ3n) is 3.94. The Labute approximate surface area is 160 Å². The summed E-state index contributed by atoms with van der Waals surface area (Å²) in [4.78, 5) is 24.9. The van der Waals surface area contributed by atoms with Gasteiger partial charge in [0.15, 0.2) is 0 Å². The molecule has 0 saturated heterocycles. The van der Waals surface area contributed by atoms with Crippen LogP contribution in [0.25, 0.3) is 6.08 Å². The molecule has 0 heterocycles. The average Bonchev–Trinajstić information content (AvgIpc) is 2.68. The van der Waals surface area contributed by atoms with Gasteiger partial charge in [-0.25, -0.2) is 4.79 Å². The molecule has 0 spiro atoms. The van der Waals surface area contributed by atoms with E-state index in [1.807, 2.05) is 26.0 Å². The number of methoxy groups -OCH3 is 1. The van der Waals surface area contributed by atoms with Crippen LogP contribution in [0.5, 0.6) is 5.75 Å². The number of carbonyl (C=O) groups excluding carboxylic acids is 2. The summed E-state index contributed by atoms with van der Waals surface area (Å²) in [6.45, 7) is 4.28. The van der Waals surface area contributed by atoms with Crippen molar-refractivity contribution in [1.82, 2.24) is 5.32 Å². The fourth-order valence-corrected chi connectivity index (χ4v) is 2.30. The van der Waals surface area contributed by atoms with Crippen LogP contribution in [0.15, 0.2) is 54.2 Å². The minimum absolute atomic E-state index is 0.0989. The molecule has 2 rings (SSSR count). The highest BCUT2D eigenvalue weighted by Gasteiger charge is 2.16. The molecule has 2 aromatic rings. The van der Waals surface area contributed by atoms with E-state index in [1.165, 1.54) is 0 Å². The summed E-state index contributed by atoms with van der Waals surface area (Å²) in [6.07, 6.45) is 3.29. The van der Waals surface area contributed by atoms with Crippen molar-refractivity contribution >= 4 is 18.0 Å². The van der Waals surface area contributed by atoms with Gasteiger partial charge >= 0.3 is 5.97 Å². The highest BCUT2D eigenvalue weighted by molar-refractivity contribution is 6.03. The lowest BCUT2D eigenvalue weighted by molar-refractivity contribution is -0.139. The number of benzene rings is 2. The van der Waals surface area contributed by atoms with Gasteiger partial charge < -0.3 is 14.8 Å². The van der Waals surface area contributed by atoms with Gasteiger partial charge in [-0.1, -0.05) is 43.2 Å². The van der Waals surface area contributed by atoms with Gasteiger partial charge in [-0.3, -0.25) is 4.79 Å². The van der Waals surface area contributed by atoms with Crippen molar-refractivity contribution in [3.63, 3.8) is 0 Å². The van der Waals surface area contributed by atoms with E-state index in [-0.39, 0.29) is 11.6 Å². The number of unbranched alkanes of at least 4 members (excludes halogenated alkanes) is 1. The summed E-state index contributed by atoms with van der Waals surface area (Å²) in [6, 6.07) is 14.3. The first-order valence-electron chi connectivity index (χ1n) is 8.94. The lowest BCUT2D eigenvalue weighted by atomic mass is 10.1. The van der Waals surface area contributed by atoms with Gasteiger partial charge in [0, 0.05) is 5.56 Å². The van der Waals surface area contributed by atoms with E-state index in [1.54, 1.807) is 49.6 Å². The lowest BCUT2D eigenvalue weighted by Crippen LogP contribution is -2.28. The minimum atomic E-state index is -0.556. The van der Waals surface area contributed by atoms with E-state index in [0.29, 0.717) is 17.9 Å². The third-order valence-corrected chi connectivity index (χ3v) is 3.94. The number of ether oxygens (including phenoxy) is 2. The maximum absolute atomic E-state index is 12.5. The molecule has 0 aliphatic rings. The normalized spacial score (nSPS) is 11.0. The molecule has 5 heteroatoms. The van der Waals surface area contributed by atoms with Crippen LogP contribution >= 0.6 is 0 Å². The first kappa shape index (κ1) is 20.2. The molecule has 0 radical (unpaired) electrons. The van der Waals surface area contributed by atoms with Crippen molar-refractivity contribution in [1.29, 1.82) is 0 Å². The zero-order valence-corrected chi connectivity index (χ0v) is 16.0. The molecule has 1 N–H and O–H groups in total. The second-order valence-electron chi connectivity index (χ2n) is 6.14. The summed E-state index contributed by atoms with van der Waals surface area (Å²) >= 11 is 0. The smallest absolute Gasteiger partial charge is 0.354 e. The maximum atomic E-state index is 12.5. The van der Waals surface area contributed by atoms with E-state index in [0.717, 1.165) is 24.0 Å². The topological polar surface area (TPSA) is 64.6 Å². The largest absolute Gasteiger partial charge is 0.497 e. The summed E-state index contributed by atoms with van der Waals surface area (Å²) in [5.74, 6) is -0.204. The minimum Gasteiger partial charge on any atom is -0.497 e. The molecular formula is C22H25NO4. The van der Waals surface area contributed by atoms with E-state index >= 15 is 0 Å². The average molecular weight is 367 g/mol. The molecule has 0 atom stereocenters. The molecule has 1 amide bonds. The molecular weight excluding hydrogens is 342 g/mol. The number of nitrogens with one attached hydrogen (secondary N) is 1. The molecule has 0 aliphatic carbocycles. The first-order valence-corrected chi connectivity index (χ1v) is 8.94. The van der Waals surface area contributed by atoms with Crippen molar-refractivity contribution in [3.05, 3.63) is 70.9 Å². The zero-order valence-electron chi connectivity index (χ0n) is 16.0. The second-order valence-corrected chi connectivity index (χ2v) is 6.14. The highest BCUT2D eigenvalue weighted by atomic mass is 16.5. The molecule has 0 bridgehead atoms. The predicted molar refractivity (Wildman–Crippen MR) is 105 cm³/mol. The Morgan fingerprint density at radius 2 is 1.70 bits per heavy atom. The van der Waals surface area contributed by atoms with Crippen LogP contribution in [0.2, 0.25) is 0 Å².